The standard InChI is InChI=1S/C16H21FN2/c1-15(2)8-3-9-16(12-18,11-10-15)19-14-6-4-13(17)5-7-14/h4-7,19H,3,8-11H2,1-2H3. The molecule has 1 fully saturated rings. The van der Waals surface area contributed by atoms with Crippen molar-refractivity contribution in [2.24, 2.45) is 5.41 Å². The molecule has 1 aromatic rings. The second-order valence-electron chi connectivity index (χ2n) is 6.34. The van der Waals surface area contributed by atoms with Crippen LogP contribution in [0.5, 0.6) is 0 Å². The molecule has 19 heavy (non-hydrogen) atoms. The van der Waals surface area contributed by atoms with Crippen LogP contribution in [0.4, 0.5) is 10.1 Å². The Morgan fingerprint density at radius 1 is 1.11 bits per heavy atom. The molecule has 0 bridgehead atoms. The van der Waals surface area contributed by atoms with Crippen molar-refractivity contribution >= 4 is 5.69 Å². The van der Waals surface area contributed by atoms with E-state index in [-0.39, 0.29) is 5.82 Å². The normalized spacial score (nSPS) is 26.2. The van der Waals surface area contributed by atoms with Crippen molar-refractivity contribution in [1.29, 1.82) is 5.26 Å². The summed E-state index contributed by atoms with van der Waals surface area (Å²) in [5.41, 5.74) is 0.622. The van der Waals surface area contributed by atoms with Gasteiger partial charge in [0.15, 0.2) is 0 Å². The predicted molar refractivity (Wildman–Crippen MR) is 75.2 cm³/mol. The zero-order valence-electron chi connectivity index (χ0n) is 11.7. The Morgan fingerprint density at radius 3 is 2.42 bits per heavy atom. The molecule has 1 unspecified atom stereocenters. The van der Waals surface area contributed by atoms with Crippen LogP contribution in [0, 0.1) is 22.6 Å². The third-order valence-corrected chi connectivity index (χ3v) is 4.13. The highest BCUT2D eigenvalue weighted by Gasteiger charge is 2.35. The lowest BCUT2D eigenvalue weighted by Crippen LogP contribution is -2.36. The molecular formula is C16H21FN2. The van der Waals surface area contributed by atoms with E-state index in [0.717, 1.165) is 37.8 Å². The Bertz CT molecular complexity index is 473. The molecule has 1 aliphatic rings. The van der Waals surface area contributed by atoms with Crippen molar-refractivity contribution in [1.82, 2.24) is 0 Å². The van der Waals surface area contributed by atoms with Crippen LogP contribution in [0.25, 0.3) is 0 Å². The quantitative estimate of drug-likeness (QED) is 0.795. The number of rotatable bonds is 2. The van der Waals surface area contributed by atoms with Crippen molar-refractivity contribution in [3.05, 3.63) is 30.1 Å². The molecule has 3 heteroatoms. The van der Waals surface area contributed by atoms with E-state index >= 15 is 0 Å². The summed E-state index contributed by atoms with van der Waals surface area (Å²) < 4.78 is 12.9. The second-order valence-corrected chi connectivity index (χ2v) is 6.34. The molecule has 0 radical (unpaired) electrons. The van der Waals surface area contributed by atoms with Gasteiger partial charge in [0.25, 0.3) is 0 Å². The molecule has 1 aromatic carbocycles. The van der Waals surface area contributed by atoms with E-state index in [4.69, 9.17) is 0 Å². The zero-order chi connectivity index (χ0) is 13.9. The first kappa shape index (κ1) is 13.9. The molecule has 1 saturated carbocycles. The van der Waals surface area contributed by atoms with Crippen LogP contribution in [-0.2, 0) is 0 Å². The molecule has 0 aromatic heterocycles. The number of anilines is 1. The molecule has 0 amide bonds. The van der Waals surface area contributed by atoms with E-state index in [2.05, 4.69) is 25.2 Å². The van der Waals surface area contributed by atoms with Gasteiger partial charge in [0.1, 0.15) is 11.4 Å². The lowest BCUT2D eigenvalue weighted by atomic mass is 9.84. The van der Waals surface area contributed by atoms with Gasteiger partial charge < -0.3 is 5.32 Å². The minimum atomic E-state index is -0.508. The van der Waals surface area contributed by atoms with Gasteiger partial charge in [0.2, 0.25) is 0 Å². The van der Waals surface area contributed by atoms with Gasteiger partial charge in [-0.1, -0.05) is 13.8 Å². The molecule has 1 aliphatic carbocycles. The monoisotopic (exact) mass is 260 g/mol. The first-order chi connectivity index (χ1) is 8.95. The Balaban J connectivity index is 2.15. The Labute approximate surface area is 114 Å². The smallest absolute Gasteiger partial charge is 0.125 e. The fourth-order valence-electron chi connectivity index (χ4n) is 2.74. The van der Waals surface area contributed by atoms with Crippen molar-refractivity contribution in [2.45, 2.75) is 51.5 Å². The van der Waals surface area contributed by atoms with Crippen LogP contribution < -0.4 is 5.32 Å². The highest BCUT2D eigenvalue weighted by atomic mass is 19.1. The van der Waals surface area contributed by atoms with Crippen LogP contribution >= 0.6 is 0 Å². The van der Waals surface area contributed by atoms with E-state index in [1.54, 1.807) is 12.1 Å². The van der Waals surface area contributed by atoms with E-state index in [9.17, 15) is 9.65 Å². The lowest BCUT2D eigenvalue weighted by molar-refractivity contribution is 0.310. The van der Waals surface area contributed by atoms with E-state index in [0.29, 0.717) is 5.41 Å². The maximum Gasteiger partial charge on any atom is 0.125 e. The van der Waals surface area contributed by atoms with Crippen LogP contribution in [0.2, 0.25) is 0 Å². The Kier molecular flexibility index (Phi) is 3.80. The highest BCUT2D eigenvalue weighted by molar-refractivity contribution is 5.47. The predicted octanol–water partition coefficient (Wildman–Crippen LogP) is 4.49. The number of hydrogen-bond donors (Lipinski definition) is 1. The summed E-state index contributed by atoms with van der Waals surface area (Å²) in [7, 11) is 0. The largest absolute Gasteiger partial charge is 0.367 e. The fourth-order valence-corrected chi connectivity index (χ4v) is 2.74. The summed E-state index contributed by atoms with van der Waals surface area (Å²) in [6, 6.07) is 8.70. The molecule has 2 nitrogen and oxygen atoms in total. The number of nitrogens with zero attached hydrogens (tertiary/aromatic N) is 1. The number of hydrogen-bond acceptors (Lipinski definition) is 2. The summed E-state index contributed by atoms with van der Waals surface area (Å²) in [6.45, 7) is 4.52. The van der Waals surface area contributed by atoms with Gasteiger partial charge in [-0.25, -0.2) is 4.39 Å². The Morgan fingerprint density at radius 2 is 1.79 bits per heavy atom. The third-order valence-electron chi connectivity index (χ3n) is 4.13. The van der Waals surface area contributed by atoms with Gasteiger partial charge in [-0.05, 0) is 61.8 Å². The SMILES string of the molecule is CC1(C)CCCC(C#N)(Nc2ccc(F)cc2)CC1. The lowest BCUT2D eigenvalue weighted by Gasteiger charge is -2.28. The highest BCUT2D eigenvalue weighted by Crippen LogP contribution is 2.39. The molecule has 0 aliphatic heterocycles. The van der Waals surface area contributed by atoms with Crippen LogP contribution in [0.15, 0.2) is 24.3 Å². The topological polar surface area (TPSA) is 35.8 Å². The first-order valence-electron chi connectivity index (χ1n) is 6.90. The van der Waals surface area contributed by atoms with E-state index < -0.39 is 5.54 Å². The van der Waals surface area contributed by atoms with Gasteiger partial charge in [-0.2, -0.15) is 5.26 Å². The molecular weight excluding hydrogens is 239 g/mol. The second kappa shape index (κ2) is 5.21. The number of benzene rings is 1. The average molecular weight is 260 g/mol. The molecule has 1 N–H and O–H groups in total. The van der Waals surface area contributed by atoms with Crippen LogP contribution in [0.1, 0.15) is 46.0 Å². The summed E-state index contributed by atoms with van der Waals surface area (Å²) >= 11 is 0. The van der Waals surface area contributed by atoms with E-state index in [1.807, 2.05) is 0 Å². The molecule has 1 atom stereocenters. The number of halogens is 1. The zero-order valence-corrected chi connectivity index (χ0v) is 11.7. The summed E-state index contributed by atoms with van der Waals surface area (Å²) in [5, 5.41) is 12.9. The van der Waals surface area contributed by atoms with Gasteiger partial charge in [0, 0.05) is 5.69 Å². The molecule has 0 heterocycles. The fraction of sp³-hybridized carbons (Fsp3) is 0.562. The van der Waals surface area contributed by atoms with Gasteiger partial charge in [0.05, 0.1) is 6.07 Å². The summed E-state index contributed by atoms with van der Waals surface area (Å²) in [4.78, 5) is 0. The molecule has 0 saturated heterocycles. The van der Waals surface area contributed by atoms with Crippen molar-refractivity contribution < 1.29 is 4.39 Å². The van der Waals surface area contributed by atoms with Crippen molar-refractivity contribution in [2.75, 3.05) is 5.32 Å². The molecule has 2 rings (SSSR count). The van der Waals surface area contributed by atoms with Gasteiger partial charge in [-0.15, -0.1) is 0 Å². The molecule has 102 valence electrons. The Hall–Kier alpha value is -1.56. The average Bonchev–Trinajstić information content (AvgIpc) is 2.52. The van der Waals surface area contributed by atoms with Gasteiger partial charge in [-0.3, -0.25) is 0 Å². The van der Waals surface area contributed by atoms with E-state index in [1.165, 1.54) is 12.1 Å². The van der Waals surface area contributed by atoms with Crippen LogP contribution in [0.3, 0.4) is 0 Å². The van der Waals surface area contributed by atoms with Crippen molar-refractivity contribution in [3.8, 4) is 6.07 Å². The minimum Gasteiger partial charge on any atom is -0.367 e. The third kappa shape index (κ3) is 3.47. The minimum absolute atomic E-state index is 0.251. The maximum atomic E-state index is 12.9. The number of nitriles is 1. The number of nitrogens with one attached hydrogen (secondary N) is 1. The van der Waals surface area contributed by atoms with Crippen LogP contribution in [-0.4, -0.2) is 5.54 Å². The summed E-state index contributed by atoms with van der Waals surface area (Å²) in [6.07, 6.45) is 4.93. The van der Waals surface area contributed by atoms with Crippen molar-refractivity contribution in [3.63, 3.8) is 0 Å². The van der Waals surface area contributed by atoms with Gasteiger partial charge >= 0.3 is 0 Å². The maximum absolute atomic E-state index is 12.9. The first-order valence-corrected chi connectivity index (χ1v) is 6.90. The molecule has 0 spiro atoms. The summed E-state index contributed by atoms with van der Waals surface area (Å²) in [5.74, 6) is -0.251.